The van der Waals surface area contributed by atoms with Crippen LogP contribution in [0.15, 0.2) is 48.5 Å². The molecule has 29 heavy (non-hydrogen) atoms. The lowest BCUT2D eigenvalue weighted by Gasteiger charge is -2.42. The monoisotopic (exact) mass is 391 g/mol. The Bertz CT molecular complexity index is 970. The van der Waals surface area contributed by atoms with Crippen molar-refractivity contribution < 1.29 is 14.3 Å². The molecule has 3 rings (SSSR count). The highest BCUT2D eigenvalue weighted by atomic mass is 16.5. The molecule has 0 unspecified atom stereocenters. The Labute approximate surface area is 173 Å². The highest BCUT2D eigenvalue weighted by Crippen LogP contribution is 2.45. The minimum atomic E-state index is -0.482. The van der Waals surface area contributed by atoms with Gasteiger partial charge in [-0.3, -0.25) is 4.79 Å². The molecule has 1 aliphatic rings. The van der Waals surface area contributed by atoms with Gasteiger partial charge in [0.2, 0.25) is 5.91 Å². The molecule has 0 aliphatic heterocycles. The first kappa shape index (κ1) is 20.8. The minimum Gasteiger partial charge on any atom is -0.465 e. The van der Waals surface area contributed by atoms with Gasteiger partial charge < -0.3 is 10.1 Å². The molecule has 0 bridgehead atoms. The first-order valence-electron chi connectivity index (χ1n) is 9.95. The summed E-state index contributed by atoms with van der Waals surface area (Å²) < 4.78 is 4.77. The molecule has 0 radical (unpaired) electrons. The van der Waals surface area contributed by atoms with Crippen LogP contribution >= 0.6 is 0 Å². The summed E-state index contributed by atoms with van der Waals surface area (Å²) >= 11 is 0. The van der Waals surface area contributed by atoms with E-state index >= 15 is 0 Å². The van der Waals surface area contributed by atoms with E-state index in [2.05, 4.69) is 51.2 Å². The predicted molar refractivity (Wildman–Crippen MR) is 117 cm³/mol. The summed E-state index contributed by atoms with van der Waals surface area (Å²) in [5, 5.41) is 2.76. The van der Waals surface area contributed by atoms with Gasteiger partial charge in [0.05, 0.1) is 18.4 Å². The molecule has 0 saturated carbocycles. The van der Waals surface area contributed by atoms with Crippen molar-refractivity contribution in [3.05, 3.63) is 70.8 Å². The lowest BCUT2D eigenvalue weighted by molar-refractivity contribution is -0.111. The quantitative estimate of drug-likeness (QED) is 0.555. The Hall–Kier alpha value is -2.88. The molecular formula is C25H29NO3. The molecule has 1 aliphatic carbocycles. The molecule has 0 heterocycles. The standard InChI is InChI=1S/C25H29NO3/c1-24(2)14-15-25(3,4)20-16-17(10-12-19(20)24)11-13-22(27)26-21-9-7-6-8-18(21)23(28)29-5/h6-13,16H,14-15H2,1-5H3,(H,26,27)/b13-11+. The van der Waals surface area contributed by atoms with Gasteiger partial charge in [-0.05, 0) is 58.6 Å². The van der Waals surface area contributed by atoms with Crippen LogP contribution in [-0.4, -0.2) is 19.0 Å². The van der Waals surface area contributed by atoms with E-state index < -0.39 is 5.97 Å². The molecule has 0 aromatic heterocycles. The van der Waals surface area contributed by atoms with Crippen molar-refractivity contribution in [3.63, 3.8) is 0 Å². The van der Waals surface area contributed by atoms with Crippen LogP contribution in [0.3, 0.4) is 0 Å². The molecule has 2 aromatic rings. The van der Waals surface area contributed by atoms with E-state index in [4.69, 9.17) is 4.74 Å². The molecule has 0 fully saturated rings. The number of para-hydroxylation sites is 1. The van der Waals surface area contributed by atoms with E-state index in [1.165, 1.54) is 30.7 Å². The number of nitrogens with one attached hydrogen (secondary N) is 1. The number of anilines is 1. The third kappa shape index (κ3) is 4.42. The smallest absolute Gasteiger partial charge is 0.339 e. The van der Waals surface area contributed by atoms with E-state index in [1.807, 2.05) is 6.08 Å². The van der Waals surface area contributed by atoms with Crippen molar-refractivity contribution in [1.82, 2.24) is 0 Å². The summed E-state index contributed by atoms with van der Waals surface area (Å²) in [4.78, 5) is 24.3. The van der Waals surface area contributed by atoms with Crippen molar-refractivity contribution in [2.45, 2.75) is 51.4 Å². The lowest BCUT2D eigenvalue weighted by atomic mass is 9.63. The number of amides is 1. The van der Waals surface area contributed by atoms with E-state index in [0.29, 0.717) is 11.3 Å². The zero-order valence-corrected chi connectivity index (χ0v) is 17.8. The number of esters is 1. The maximum absolute atomic E-state index is 12.4. The molecule has 2 aromatic carbocycles. The van der Waals surface area contributed by atoms with Crippen LogP contribution < -0.4 is 5.32 Å². The lowest BCUT2D eigenvalue weighted by Crippen LogP contribution is -2.33. The second-order valence-electron chi connectivity index (χ2n) is 8.93. The largest absolute Gasteiger partial charge is 0.465 e. The van der Waals surface area contributed by atoms with Crippen LogP contribution in [0.1, 0.15) is 67.6 Å². The van der Waals surface area contributed by atoms with Crippen molar-refractivity contribution in [3.8, 4) is 0 Å². The summed E-state index contributed by atoms with van der Waals surface area (Å²) in [5.41, 5.74) is 4.79. The summed E-state index contributed by atoms with van der Waals surface area (Å²) in [5.74, 6) is -0.775. The highest BCUT2D eigenvalue weighted by molar-refractivity contribution is 6.06. The number of rotatable bonds is 4. The zero-order valence-electron chi connectivity index (χ0n) is 17.8. The van der Waals surface area contributed by atoms with Crippen molar-refractivity contribution in [2.75, 3.05) is 12.4 Å². The molecule has 0 saturated heterocycles. The molecular weight excluding hydrogens is 362 g/mol. The second kappa shape index (κ2) is 7.86. The third-order valence-corrected chi connectivity index (χ3v) is 5.89. The van der Waals surface area contributed by atoms with E-state index in [9.17, 15) is 9.59 Å². The minimum absolute atomic E-state index is 0.121. The summed E-state index contributed by atoms with van der Waals surface area (Å²) in [6, 6.07) is 13.3. The number of carbonyl (C=O) groups is 2. The number of hydrogen-bond donors (Lipinski definition) is 1. The predicted octanol–water partition coefficient (Wildman–Crippen LogP) is 5.47. The molecule has 152 valence electrons. The van der Waals surface area contributed by atoms with Gasteiger partial charge in [-0.2, -0.15) is 0 Å². The zero-order chi connectivity index (χ0) is 21.2. The van der Waals surface area contributed by atoms with Crippen LogP contribution in [0.5, 0.6) is 0 Å². The number of ether oxygens (including phenoxy) is 1. The van der Waals surface area contributed by atoms with Gasteiger partial charge in [-0.15, -0.1) is 0 Å². The van der Waals surface area contributed by atoms with Gasteiger partial charge >= 0.3 is 5.97 Å². The second-order valence-corrected chi connectivity index (χ2v) is 8.93. The van der Waals surface area contributed by atoms with E-state index in [1.54, 1.807) is 24.3 Å². The normalized spacial score (nSPS) is 16.9. The van der Waals surface area contributed by atoms with Crippen LogP contribution in [-0.2, 0) is 20.4 Å². The summed E-state index contributed by atoms with van der Waals surface area (Å²) in [6.45, 7) is 9.15. The number of fused-ring (bicyclic) bond motifs is 1. The van der Waals surface area contributed by atoms with Gasteiger partial charge in [0.25, 0.3) is 0 Å². The Morgan fingerprint density at radius 1 is 0.966 bits per heavy atom. The molecule has 4 nitrogen and oxygen atoms in total. The number of carbonyl (C=O) groups excluding carboxylic acids is 2. The van der Waals surface area contributed by atoms with Crippen molar-refractivity contribution >= 4 is 23.6 Å². The van der Waals surface area contributed by atoms with Gasteiger partial charge in [0, 0.05) is 6.08 Å². The summed E-state index contributed by atoms with van der Waals surface area (Å²) in [6.07, 6.45) is 5.62. The van der Waals surface area contributed by atoms with Gasteiger partial charge in [-0.25, -0.2) is 4.79 Å². The van der Waals surface area contributed by atoms with Gasteiger partial charge in [-0.1, -0.05) is 58.0 Å². The highest BCUT2D eigenvalue weighted by Gasteiger charge is 2.36. The molecule has 0 atom stereocenters. The fraction of sp³-hybridized carbons (Fsp3) is 0.360. The molecule has 0 spiro atoms. The Kier molecular flexibility index (Phi) is 5.65. The number of hydrogen-bond acceptors (Lipinski definition) is 3. The van der Waals surface area contributed by atoms with Crippen LogP contribution in [0.25, 0.3) is 6.08 Å². The van der Waals surface area contributed by atoms with Crippen LogP contribution in [0, 0.1) is 0 Å². The summed E-state index contributed by atoms with van der Waals surface area (Å²) in [7, 11) is 1.32. The van der Waals surface area contributed by atoms with Gasteiger partial charge in [0.1, 0.15) is 0 Å². The molecule has 1 N–H and O–H groups in total. The maximum atomic E-state index is 12.4. The number of benzene rings is 2. The molecule has 4 heteroatoms. The van der Waals surface area contributed by atoms with Crippen molar-refractivity contribution in [1.29, 1.82) is 0 Å². The Morgan fingerprint density at radius 3 is 2.31 bits per heavy atom. The third-order valence-electron chi connectivity index (χ3n) is 5.89. The average Bonchev–Trinajstić information content (AvgIpc) is 2.70. The first-order chi connectivity index (χ1) is 13.6. The SMILES string of the molecule is COC(=O)c1ccccc1NC(=O)/C=C/c1ccc2c(c1)C(C)(C)CCC2(C)C. The molecule has 1 amide bonds. The van der Waals surface area contributed by atoms with E-state index in [0.717, 1.165) is 12.0 Å². The van der Waals surface area contributed by atoms with Crippen LogP contribution in [0.2, 0.25) is 0 Å². The number of methoxy groups -OCH3 is 1. The first-order valence-corrected chi connectivity index (χ1v) is 9.95. The van der Waals surface area contributed by atoms with Gasteiger partial charge in [0.15, 0.2) is 0 Å². The Balaban J connectivity index is 1.81. The topological polar surface area (TPSA) is 55.4 Å². The van der Waals surface area contributed by atoms with E-state index in [-0.39, 0.29) is 16.7 Å². The van der Waals surface area contributed by atoms with Crippen molar-refractivity contribution in [2.24, 2.45) is 0 Å². The fourth-order valence-electron chi connectivity index (χ4n) is 3.94. The Morgan fingerprint density at radius 2 is 1.62 bits per heavy atom. The maximum Gasteiger partial charge on any atom is 0.339 e. The fourth-order valence-corrected chi connectivity index (χ4v) is 3.94. The van der Waals surface area contributed by atoms with Crippen LogP contribution in [0.4, 0.5) is 5.69 Å². The average molecular weight is 392 g/mol.